The average Bonchev–Trinajstić information content (AvgIpc) is 3.43. The van der Waals surface area contributed by atoms with Crippen molar-refractivity contribution in [2.24, 2.45) is 5.92 Å². The first kappa shape index (κ1) is 17.0. The Labute approximate surface area is 150 Å². The molecule has 3 aliphatic rings. The molecule has 0 aromatic carbocycles. The Morgan fingerprint density at radius 3 is 2.84 bits per heavy atom. The van der Waals surface area contributed by atoms with Crippen LogP contribution >= 0.6 is 0 Å². The number of hydrogen-bond donors (Lipinski definition) is 1. The molecule has 1 amide bonds. The van der Waals surface area contributed by atoms with E-state index in [1.54, 1.807) is 0 Å². The van der Waals surface area contributed by atoms with Crippen molar-refractivity contribution >= 4 is 5.91 Å². The van der Waals surface area contributed by atoms with Crippen molar-refractivity contribution in [1.29, 1.82) is 0 Å². The van der Waals surface area contributed by atoms with E-state index in [1.807, 2.05) is 13.0 Å². The standard InChI is InChI=1S/C20H29N3O2/c1-15-3-2-4-18(21-15)14-23-10-8-20(9-11-23)13-17(7-12-25-20)22-19(24)16-5-6-16/h2-4,16-17H,5-14H2,1H3,(H,22,24)/t17-/m1/s1. The van der Waals surface area contributed by atoms with Crippen LogP contribution in [0, 0.1) is 12.8 Å². The number of amides is 1. The second kappa shape index (κ2) is 7.04. The number of piperidine rings is 1. The first-order valence-electron chi connectivity index (χ1n) is 9.71. The summed E-state index contributed by atoms with van der Waals surface area (Å²) in [6.07, 6.45) is 6.17. The fraction of sp³-hybridized carbons (Fsp3) is 0.700. The van der Waals surface area contributed by atoms with Gasteiger partial charge in [0.1, 0.15) is 0 Å². The van der Waals surface area contributed by atoms with Crippen molar-refractivity contribution in [3.8, 4) is 0 Å². The topological polar surface area (TPSA) is 54.5 Å². The molecule has 1 saturated carbocycles. The summed E-state index contributed by atoms with van der Waals surface area (Å²) in [5.74, 6) is 0.562. The van der Waals surface area contributed by atoms with Crippen LogP contribution in [0.15, 0.2) is 18.2 Å². The molecule has 1 aromatic rings. The van der Waals surface area contributed by atoms with Crippen molar-refractivity contribution in [2.45, 2.75) is 63.6 Å². The van der Waals surface area contributed by atoms with Crippen LogP contribution in [0.3, 0.4) is 0 Å². The Balaban J connectivity index is 1.30. The number of likely N-dealkylation sites (tertiary alicyclic amines) is 1. The van der Waals surface area contributed by atoms with Crippen LogP contribution in [-0.4, -0.2) is 47.1 Å². The summed E-state index contributed by atoms with van der Waals surface area (Å²) >= 11 is 0. The van der Waals surface area contributed by atoms with Crippen LogP contribution in [0.5, 0.6) is 0 Å². The lowest BCUT2D eigenvalue weighted by Crippen LogP contribution is -2.53. The van der Waals surface area contributed by atoms with Crippen LogP contribution in [-0.2, 0) is 16.1 Å². The Hall–Kier alpha value is -1.46. The molecule has 2 aliphatic heterocycles. The number of hydrogen-bond acceptors (Lipinski definition) is 4. The predicted octanol–water partition coefficient (Wildman–Crippen LogP) is 2.43. The molecule has 25 heavy (non-hydrogen) atoms. The normalized spacial score (nSPS) is 26.5. The molecular formula is C20H29N3O2. The molecule has 1 aliphatic carbocycles. The molecule has 1 spiro atoms. The Kier molecular flexibility index (Phi) is 4.78. The van der Waals surface area contributed by atoms with E-state index in [4.69, 9.17) is 4.74 Å². The third kappa shape index (κ3) is 4.21. The molecule has 136 valence electrons. The minimum Gasteiger partial charge on any atom is -0.375 e. The quantitative estimate of drug-likeness (QED) is 0.912. The van der Waals surface area contributed by atoms with Gasteiger partial charge < -0.3 is 10.1 Å². The monoisotopic (exact) mass is 343 g/mol. The maximum atomic E-state index is 12.1. The molecule has 1 N–H and O–H groups in total. The summed E-state index contributed by atoms with van der Waals surface area (Å²) in [5, 5.41) is 3.27. The number of carbonyl (C=O) groups is 1. The lowest BCUT2D eigenvalue weighted by molar-refractivity contribution is -0.132. The van der Waals surface area contributed by atoms with Gasteiger partial charge in [-0.25, -0.2) is 0 Å². The third-order valence-corrected chi connectivity index (χ3v) is 5.89. The number of ether oxygens (including phenoxy) is 1. The Bertz CT molecular complexity index is 621. The van der Waals surface area contributed by atoms with Gasteiger partial charge in [-0.15, -0.1) is 0 Å². The molecule has 3 fully saturated rings. The van der Waals surface area contributed by atoms with Crippen molar-refractivity contribution < 1.29 is 9.53 Å². The number of aromatic nitrogens is 1. The minimum atomic E-state index is -0.0315. The van der Waals surface area contributed by atoms with Gasteiger partial charge in [0.15, 0.2) is 0 Å². The summed E-state index contributed by atoms with van der Waals surface area (Å²) in [4.78, 5) is 19.2. The highest BCUT2D eigenvalue weighted by Gasteiger charge is 2.41. The average molecular weight is 343 g/mol. The molecule has 4 rings (SSSR count). The van der Waals surface area contributed by atoms with Gasteiger partial charge in [-0.05, 0) is 57.6 Å². The third-order valence-electron chi connectivity index (χ3n) is 5.89. The molecule has 0 bridgehead atoms. The zero-order valence-corrected chi connectivity index (χ0v) is 15.2. The number of rotatable bonds is 4. The molecular weight excluding hydrogens is 314 g/mol. The van der Waals surface area contributed by atoms with Gasteiger partial charge in [0.05, 0.1) is 11.3 Å². The summed E-state index contributed by atoms with van der Waals surface area (Å²) < 4.78 is 6.22. The first-order valence-corrected chi connectivity index (χ1v) is 9.71. The molecule has 5 nitrogen and oxygen atoms in total. The summed E-state index contributed by atoms with van der Waals surface area (Å²) in [5.41, 5.74) is 2.20. The van der Waals surface area contributed by atoms with Crippen LogP contribution in [0.25, 0.3) is 0 Å². The number of nitrogens with one attached hydrogen (secondary N) is 1. The van der Waals surface area contributed by atoms with E-state index in [0.29, 0.717) is 12.0 Å². The second-order valence-corrected chi connectivity index (χ2v) is 8.05. The van der Waals surface area contributed by atoms with E-state index in [-0.39, 0.29) is 11.5 Å². The SMILES string of the molecule is Cc1cccc(CN2CCC3(CC2)C[C@H](NC(=O)C2CC2)CCO3)n1. The lowest BCUT2D eigenvalue weighted by atomic mass is 9.82. The van der Waals surface area contributed by atoms with Gasteiger partial charge in [-0.2, -0.15) is 0 Å². The van der Waals surface area contributed by atoms with Gasteiger partial charge >= 0.3 is 0 Å². The maximum absolute atomic E-state index is 12.1. The van der Waals surface area contributed by atoms with Crippen molar-refractivity contribution in [1.82, 2.24) is 15.2 Å². The molecule has 1 aromatic heterocycles. The largest absolute Gasteiger partial charge is 0.375 e. The molecule has 0 radical (unpaired) electrons. The highest BCUT2D eigenvalue weighted by molar-refractivity contribution is 5.81. The van der Waals surface area contributed by atoms with Gasteiger partial charge in [0, 0.05) is 43.9 Å². The molecule has 1 atom stereocenters. The first-order chi connectivity index (χ1) is 12.1. The highest BCUT2D eigenvalue weighted by Crippen LogP contribution is 2.36. The number of pyridine rings is 1. The summed E-state index contributed by atoms with van der Waals surface area (Å²) in [6.45, 7) is 5.81. The van der Waals surface area contributed by atoms with E-state index in [0.717, 1.165) is 76.2 Å². The van der Waals surface area contributed by atoms with Crippen LogP contribution < -0.4 is 5.32 Å². The van der Waals surface area contributed by atoms with Crippen molar-refractivity contribution in [3.05, 3.63) is 29.6 Å². The molecule has 5 heteroatoms. The zero-order chi connectivity index (χ0) is 17.3. The molecule has 3 heterocycles. The van der Waals surface area contributed by atoms with Gasteiger partial charge in [0.2, 0.25) is 5.91 Å². The van der Waals surface area contributed by atoms with Crippen molar-refractivity contribution in [2.75, 3.05) is 19.7 Å². The van der Waals surface area contributed by atoms with Gasteiger partial charge in [-0.1, -0.05) is 6.07 Å². The van der Waals surface area contributed by atoms with E-state index >= 15 is 0 Å². The van der Waals surface area contributed by atoms with E-state index in [9.17, 15) is 4.79 Å². The highest BCUT2D eigenvalue weighted by atomic mass is 16.5. The Morgan fingerprint density at radius 2 is 2.12 bits per heavy atom. The smallest absolute Gasteiger partial charge is 0.223 e. The lowest BCUT2D eigenvalue weighted by Gasteiger charge is -2.46. The van der Waals surface area contributed by atoms with E-state index in [2.05, 4.69) is 27.3 Å². The van der Waals surface area contributed by atoms with E-state index in [1.165, 1.54) is 0 Å². The second-order valence-electron chi connectivity index (χ2n) is 8.05. The minimum absolute atomic E-state index is 0.0315. The fourth-order valence-electron chi connectivity index (χ4n) is 4.20. The predicted molar refractivity (Wildman–Crippen MR) is 96.1 cm³/mol. The van der Waals surface area contributed by atoms with Crippen LogP contribution in [0.1, 0.15) is 49.9 Å². The van der Waals surface area contributed by atoms with E-state index < -0.39 is 0 Å². The van der Waals surface area contributed by atoms with Crippen LogP contribution in [0.2, 0.25) is 0 Å². The summed E-state index contributed by atoms with van der Waals surface area (Å²) in [6, 6.07) is 6.53. The maximum Gasteiger partial charge on any atom is 0.223 e. The van der Waals surface area contributed by atoms with Crippen LogP contribution in [0.4, 0.5) is 0 Å². The number of nitrogens with zero attached hydrogens (tertiary/aromatic N) is 2. The molecule has 0 unspecified atom stereocenters. The zero-order valence-electron chi connectivity index (χ0n) is 15.2. The fourth-order valence-corrected chi connectivity index (χ4v) is 4.20. The van der Waals surface area contributed by atoms with Gasteiger partial charge in [-0.3, -0.25) is 14.7 Å². The van der Waals surface area contributed by atoms with Crippen molar-refractivity contribution in [3.63, 3.8) is 0 Å². The summed E-state index contributed by atoms with van der Waals surface area (Å²) in [7, 11) is 0. The number of aryl methyl sites for hydroxylation is 1. The molecule has 2 saturated heterocycles. The number of carbonyl (C=O) groups excluding carboxylic acids is 1. The Morgan fingerprint density at radius 1 is 1.32 bits per heavy atom. The van der Waals surface area contributed by atoms with Gasteiger partial charge in [0.25, 0.3) is 0 Å².